The standard InChI is InChI=1S/C28H50O5S2Si/c1-21(26(30-6)31-7)25(33-36(8,9)27(3,4)5)22(2)28(34-16-13-17-35-28)18-24(29)20-32-19-23-14-11-10-12-15-23/h10-12,14-15,21-22,24-26,29H,13,16-20H2,1-9H3/t21-,22-,24+,25-/m0/s1. The largest absolute Gasteiger partial charge is 0.413 e. The SMILES string of the molecule is COC(OC)[C@@H](C)[C@H](O[Si](C)(C)C(C)(C)C)[C@H](C)C1(C[C@@H](O)COCc2ccccc2)SCCCS1. The predicted octanol–water partition coefficient (Wildman–Crippen LogP) is 6.80. The maximum absolute atomic E-state index is 11.1. The normalized spacial score (nSPS) is 20.2. The van der Waals surface area contributed by atoms with Crippen molar-refractivity contribution in [2.24, 2.45) is 11.8 Å². The van der Waals surface area contributed by atoms with Gasteiger partial charge in [-0.1, -0.05) is 65.0 Å². The van der Waals surface area contributed by atoms with Crippen molar-refractivity contribution in [1.29, 1.82) is 0 Å². The van der Waals surface area contributed by atoms with Crippen LogP contribution in [0.25, 0.3) is 0 Å². The Bertz CT molecular complexity index is 748. The fraction of sp³-hybridized carbons (Fsp3) is 0.786. The van der Waals surface area contributed by atoms with Crippen LogP contribution in [0, 0.1) is 11.8 Å². The first-order valence-corrected chi connectivity index (χ1v) is 18.1. The topological polar surface area (TPSA) is 57.2 Å². The van der Waals surface area contributed by atoms with Gasteiger partial charge in [0.2, 0.25) is 0 Å². The lowest BCUT2D eigenvalue weighted by Gasteiger charge is -2.50. The van der Waals surface area contributed by atoms with E-state index in [1.54, 1.807) is 14.2 Å². The van der Waals surface area contributed by atoms with E-state index in [2.05, 4.69) is 59.8 Å². The van der Waals surface area contributed by atoms with Crippen LogP contribution in [0.2, 0.25) is 18.1 Å². The molecule has 1 aromatic rings. The molecule has 208 valence electrons. The highest BCUT2D eigenvalue weighted by Gasteiger charge is 2.50. The van der Waals surface area contributed by atoms with Crippen molar-refractivity contribution in [3.05, 3.63) is 35.9 Å². The van der Waals surface area contributed by atoms with Crippen molar-refractivity contribution in [2.45, 2.75) is 94.8 Å². The molecule has 0 aromatic heterocycles. The highest BCUT2D eigenvalue weighted by Crippen LogP contribution is 2.54. The highest BCUT2D eigenvalue weighted by atomic mass is 32.2. The molecule has 0 unspecified atom stereocenters. The number of aliphatic hydroxyl groups excluding tert-OH is 1. The van der Waals surface area contributed by atoms with Gasteiger partial charge in [0.1, 0.15) is 0 Å². The van der Waals surface area contributed by atoms with E-state index in [9.17, 15) is 5.11 Å². The van der Waals surface area contributed by atoms with Gasteiger partial charge in [-0.2, -0.15) is 0 Å². The van der Waals surface area contributed by atoms with E-state index >= 15 is 0 Å². The van der Waals surface area contributed by atoms with Gasteiger partial charge in [0, 0.05) is 26.1 Å². The molecule has 0 aliphatic carbocycles. The first kappa shape index (κ1) is 32.2. The van der Waals surface area contributed by atoms with Gasteiger partial charge in [-0.3, -0.25) is 0 Å². The second kappa shape index (κ2) is 14.4. The van der Waals surface area contributed by atoms with Gasteiger partial charge < -0.3 is 23.7 Å². The molecule has 0 spiro atoms. The van der Waals surface area contributed by atoms with E-state index in [0.29, 0.717) is 19.6 Å². The zero-order valence-electron chi connectivity index (χ0n) is 23.9. The highest BCUT2D eigenvalue weighted by molar-refractivity contribution is 8.18. The minimum Gasteiger partial charge on any atom is -0.413 e. The Kier molecular flexibility index (Phi) is 12.8. The van der Waals surface area contributed by atoms with Crippen molar-refractivity contribution >= 4 is 31.8 Å². The zero-order valence-corrected chi connectivity index (χ0v) is 26.5. The molecule has 1 fully saturated rings. The second-order valence-electron chi connectivity index (χ2n) is 11.6. The van der Waals surface area contributed by atoms with E-state index in [-0.39, 0.29) is 33.3 Å². The van der Waals surface area contributed by atoms with E-state index in [0.717, 1.165) is 17.1 Å². The van der Waals surface area contributed by atoms with Crippen molar-refractivity contribution < 1.29 is 23.7 Å². The Morgan fingerprint density at radius 1 is 1.03 bits per heavy atom. The Morgan fingerprint density at radius 2 is 1.61 bits per heavy atom. The second-order valence-corrected chi connectivity index (χ2v) is 19.4. The van der Waals surface area contributed by atoms with Gasteiger partial charge in [-0.25, -0.2) is 0 Å². The molecule has 0 radical (unpaired) electrons. The maximum Gasteiger partial charge on any atom is 0.192 e. The van der Waals surface area contributed by atoms with Crippen LogP contribution in [0.4, 0.5) is 0 Å². The molecule has 1 heterocycles. The first-order valence-electron chi connectivity index (χ1n) is 13.2. The van der Waals surface area contributed by atoms with Gasteiger partial charge in [0.05, 0.1) is 29.5 Å². The Morgan fingerprint density at radius 3 is 2.14 bits per heavy atom. The summed E-state index contributed by atoms with van der Waals surface area (Å²) >= 11 is 3.97. The number of benzene rings is 1. The van der Waals surface area contributed by atoms with Crippen LogP contribution >= 0.6 is 23.5 Å². The van der Waals surface area contributed by atoms with Crippen LogP contribution in [-0.4, -0.2) is 68.3 Å². The summed E-state index contributed by atoms with van der Waals surface area (Å²) in [6, 6.07) is 10.1. The third-order valence-corrected chi connectivity index (χ3v) is 16.0. The molecule has 5 nitrogen and oxygen atoms in total. The van der Waals surface area contributed by atoms with Crippen LogP contribution in [-0.2, 0) is 25.2 Å². The number of thioether (sulfide) groups is 2. The van der Waals surface area contributed by atoms with Gasteiger partial charge in [0.25, 0.3) is 0 Å². The maximum atomic E-state index is 11.1. The average Bonchev–Trinajstić information content (AvgIpc) is 2.83. The summed E-state index contributed by atoms with van der Waals surface area (Å²) in [6.45, 7) is 16.8. The number of methoxy groups -OCH3 is 2. The van der Waals surface area contributed by atoms with E-state index in [1.807, 2.05) is 41.7 Å². The summed E-state index contributed by atoms with van der Waals surface area (Å²) in [6.07, 6.45) is 0.890. The lowest BCUT2D eigenvalue weighted by Crippen LogP contribution is -2.54. The zero-order chi connectivity index (χ0) is 27.0. The molecular weight excluding hydrogens is 509 g/mol. The minimum atomic E-state index is -2.08. The number of hydrogen-bond acceptors (Lipinski definition) is 7. The molecule has 2 rings (SSSR count). The summed E-state index contributed by atoms with van der Waals surface area (Å²) in [5, 5.41) is 11.2. The first-order chi connectivity index (χ1) is 16.9. The van der Waals surface area contributed by atoms with Crippen LogP contribution in [0.15, 0.2) is 30.3 Å². The monoisotopic (exact) mass is 558 g/mol. The predicted molar refractivity (Wildman–Crippen MR) is 157 cm³/mol. The Labute approximate surface area is 229 Å². The molecule has 1 saturated heterocycles. The fourth-order valence-corrected chi connectivity index (χ4v) is 9.70. The molecule has 36 heavy (non-hydrogen) atoms. The molecule has 4 atom stereocenters. The van der Waals surface area contributed by atoms with Crippen molar-refractivity contribution in [3.63, 3.8) is 0 Å². The minimum absolute atomic E-state index is 0.0376. The van der Waals surface area contributed by atoms with Gasteiger partial charge in [-0.15, -0.1) is 23.5 Å². The number of rotatable bonds is 14. The summed E-state index contributed by atoms with van der Waals surface area (Å²) in [4.78, 5) is 0. The van der Waals surface area contributed by atoms with E-state index in [1.165, 1.54) is 6.42 Å². The number of hydrogen-bond donors (Lipinski definition) is 1. The van der Waals surface area contributed by atoms with Gasteiger partial charge in [-0.05, 0) is 48.0 Å². The molecule has 1 N–H and O–H groups in total. The number of ether oxygens (including phenoxy) is 3. The van der Waals surface area contributed by atoms with Crippen LogP contribution in [0.5, 0.6) is 0 Å². The molecular formula is C28H50O5S2Si. The molecule has 1 aromatic carbocycles. The molecule has 0 amide bonds. The quantitative estimate of drug-likeness (QED) is 0.199. The van der Waals surface area contributed by atoms with Crippen LogP contribution in [0.3, 0.4) is 0 Å². The number of aliphatic hydroxyl groups is 1. The summed E-state index contributed by atoms with van der Waals surface area (Å²) in [5.41, 5.74) is 1.12. The molecule has 8 heteroatoms. The van der Waals surface area contributed by atoms with Crippen LogP contribution in [0.1, 0.15) is 53.0 Å². The van der Waals surface area contributed by atoms with Crippen LogP contribution < -0.4 is 0 Å². The lowest BCUT2D eigenvalue weighted by atomic mass is 9.87. The third-order valence-electron chi connectivity index (χ3n) is 7.76. The molecule has 1 aliphatic heterocycles. The molecule has 1 aliphatic rings. The lowest BCUT2D eigenvalue weighted by molar-refractivity contribution is -0.160. The Hall–Kier alpha value is -0.0631. The van der Waals surface area contributed by atoms with Gasteiger partial charge in [0.15, 0.2) is 14.6 Å². The van der Waals surface area contributed by atoms with E-state index in [4.69, 9.17) is 18.6 Å². The van der Waals surface area contributed by atoms with Crippen molar-refractivity contribution in [1.82, 2.24) is 0 Å². The molecule has 0 bridgehead atoms. The van der Waals surface area contributed by atoms with Gasteiger partial charge >= 0.3 is 0 Å². The Balaban J connectivity index is 2.25. The van der Waals surface area contributed by atoms with Crippen molar-refractivity contribution in [3.8, 4) is 0 Å². The van der Waals surface area contributed by atoms with E-state index < -0.39 is 14.4 Å². The average molecular weight is 559 g/mol. The fourth-order valence-electron chi connectivity index (χ4n) is 4.54. The third kappa shape index (κ3) is 8.73. The smallest absolute Gasteiger partial charge is 0.192 e. The van der Waals surface area contributed by atoms with Crippen molar-refractivity contribution in [2.75, 3.05) is 32.3 Å². The molecule has 0 saturated carbocycles. The summed E-state index contributed by atoms with van der Waals surface area (Å²) in [5.74, 6) is 2.39. The summed E-state index contributed by atoms with van der Waals surface area (Å²) in [7, 11) is 1.33. The summed E-state index contributed by atoms with van der Waals surface area (Å²) < 4.78 is 24.3.